The van der Waals surface area contributed by atoms with Gasteiger partial charge >= 0.3 is 34.5 Å². The summed E-state index contributed by atoms with van der Waals surface area (Å²) in [6, 6.07) is 97.0. The molecule has 62 heavy (non-hydrogen) atoms. The van der Waals surface area contributed by atoms with Crippen molar-refractivity contribution >= 4 is 97.7 Å². The van der Waals surface area contributed by atoms with Gasteiger partial charge in [-0.05, 0) is 71.5 Å². The topological polar surface area (TPSA) is 17.1 Å². The smallest absolute Gasteiger partial charge is 0.0134 e. The Morgan fingerprint density at radius 1 is 0.226 bits per heavy atom. The summed E-state index contributed by atoms with van der Waals surface area (Å²) in [6.07, 6.45) is 0. The van der Waals surface area contributed by atoms with Gasteiger partial charge in [0.25, 0.3) is 0 Å². The van der Waals surface area contributed by atoms with E-state index in [-0.39, 0.29) is 15.1 Å². The molecule has 0 N–H and O–H groups in total. The number of carbonyl (C=O) groups excluding carboxylic acids is 1. The maximum atomic E-state index is 7.75. The monoisotopic (exact) mass is 987 g/mol. The first-order valence-corrected chi connectivity index (χ1v) is 28.2. The summed E-state index contributed by atoms with van der Waals surface area (Å²) in [5.74, 6) is 0. The molecule has 0 amide bonds. The maximum Gasteiger partial charge on any atom is -0.0134 e. The van der Waals surface area contributed by atoms with Gasteiger partial charge in [0.05, 0.1) is 0 Å². The Hall–Kier alpha value is -4.86. The Kier molecular flexibility index (Phi) is 22.3. The summed E-state index contributed by atoms with van der Waals surface area (Å²) in [6.45, 7) is 3.25. The van der Waals surface area contributed by atoms with Gasteiger partial charge < -0.3 is 4.79 Å². The van der Waals surface area contributed by atoms with Crippen LogP contribution in [0.5, 0.6) is 0 Å². The van der Waals surface area contributed by atoms with Crippen molar-refractivity contribution in [3.63, 3.8) is 0 Å². The van der Waals surface area contributed by atoms with Gasteiger partial charge in [0.2, 0.25) is 0 Å². The molecule has 0 atom stereocenters. The number of rotatable bonds is 9. The third kappa shape index (κ3) is 15.2. The second-order valence-corrected chi connectivity index (χ2v) is 22.4. The van der Waals surface area contributed by atoms with Gasteiger partial charge in [-0.25, -0.2) is 0 Å². The van der Waals surface area contributed by atoms with Crippen molar-refractivity contribution in [1.82, 2.24) is 0 Å². The van der Waals surface area contributed by atoms with E-state index in [9.17, 15) is 0 Å². The SMILES string of the molecule is [CH-]=O.[Cl][Ru][Cl].c1ccc(P(c2ccccc2)c2ccccc2)cc1.c1ccc(P(c2ccccc2)c2ccccc2)cc1.c1ccc(P(c2ccccc2)c2ccccc2)cc1. The average Bonchev–Trinajstić information content (AvgIpc) is 3.36. The van der Waals surface area contributed by atoms with E-state index >= 15 is 0 Å². The van der Waals surface area contributed by atoms with E-state index in [4.69, 9.17) is 24.2 Å². The van der Waals surface area contributed by atoms with Crippen LogP contribution >= 0.6 is 43.1 Å². The van der Waals surface area contributed by atoms with E-state index in [2.05, 4.69) is 280 Å². The Labute approximate surface area is 387 Å². The van der Waals surface area contributed by atoms with E-state index in [0.717, 1.165) is 0 Å². The summed E-state index contributed by atoms with van der Waals surface area (Å²) in [5.41, 5.74) is 0. The minimum Gasteiger partial charge on any atom is -0.0622 e. The third-order valence-electron chi connectivity index (χ3n) is 9.13. The Morgan fingerprint density at radius 2 is 0.306 bits per heavy atom. The van der Waals surface area contributed by atoms with Crippen molar-refractivity contribution in [2.24, 2.45) is 0 Å². The molecule has 0 aliphatic carbocycles. The van der Waals surface area contributed by atoms with Crippen molar-refractivity contribution in [3.05, 3.63) is 273 Å². The van der Waals surface area contributed by atoms with E-state index in [1.165, 1.54) is 47.7 Å². The Bertz CT molecular complexity index is 1920. The first kappa shape index (κ1) is 48.2. The standard InChI is InChI=1S/3C18H15P.CHO.2ClH.Ru/c3*1-4-10-16(11-5-1)19(17-12-6-2-7-13-17)18-14-8-3-9-15-18;1-2;;;/h3*1-15H;1H;2*1H;/q;;;-1;;;+2/p-2. The van der Waals surface area contributed by atoms with Gasteiger partial charge in [0.15, 0.2) is 0 Å². The molecule has 0 radical (unpaired) electrons. The van der Waals surface area contributed by atoms with Gasteiger partial charge in [0.1, 0.15) is 0 Å². The van der Waals surface area contributed by atoms with Crippen molar-refractivity contribution in [3.8, 4) is 0 Å². The molecule has 9 aromatic carbocycles. The Morgan fingerprint density at radius 3 is 0.387 bits per heavy atom. The number of halogens is 2. The summed E-state index contributed by atoms with van der Waals surface area (Å²) < 4.78 is 0. The average molecular weight is 988 g/mol. The molecule has 0 aromatic heterocycles. The van der Waals surface area contributed by atoms with E-state index in [0.29, 0.717) is 0 Å². The predicted molar refractivity (Wildman–Crippen MR) is 274 cm³/mol. The summed E-state index contributed by atoms with van der Waals surface area (Å²) in [5, 5.41) is 12.6. The third-order valence-corrected chi connectivity index (χ3v) is 16.5. The molecule has 0 aliphatic heterocycles. The van der Waals surface area contributed by atoms with Gasteiger partial charge in [-0.1, -0.05) is 273 Å². The van der Waals surface area contributed by atoms with E-state index in [1.807, 2.05) is 0 Å². The van der Waals surface area contributed by atoms with Crippen LogP contribution in [0, 0.1) is 0 Å². The van der Waals surface area contributed by atoms with Crippen molar-refractivity contribution in [2.75, 3.05) is 0 Å². The van der Waals surface area contributed by atoms with Crippen LogP contribution in [-0.4, -0.2) is 6.79 Å². The molecule has 0 saturated heterocycles. The molecular formula is C55H46Cl2OP3Ru-. The molecule has 7 heteroatoms. The fraction of sp³-hybridized carbons (Fsp3) is 0. The molecular weight excluding hydrogens is 942 g/mol. The number of benzene rings is 9. The zero-order valence-corrected chi connectivity index (χ0v) is 39.9. The van der Waals surface area contributed by atoms with Gasteiger partial charge in [-0.2, -0.15) is 0 Å². The molecule has 0 saturated carbocycles. The fourth-order valence-corrected chi connectivity index (χ4v) is 13.5. The van der Waals surface area contributed by atoms with Crippen LogP contribution in [0.3, 0.4) is 0 Å². The molecule has 1 nitrogen and oxygen atoms in total. The van der Waals surface area contributed by atoms with Crippen molar-refractivity contribution in [2.45, 2.75) is 0 Å². The van der Waals surface area contributed by atoms with Crippen LogP contribution < -0.4 is 47.7 Å². The van der Waals surface area contributed by atoms with Gasteiger partial charge in [0, 0.05) is 0 Å². The summed E-state index contributed by atoms with van der Waals surface area (Å²) in [7, 11) is 8.37. The quantitative estimate of drug-likeness (QED) is 0.0610. The second kappa shape index (κ2) is 28.7. The number of hydrogen-bond donors (Lipinski definition) is 0. The molecule has 0 fully saturated rings. The van der Waals surface area contributed by atoms with Crippen LogP contribution in [0.1, 0.15) is 0 Å². The molecule has 0 unspecified atom stereocenters. The van der Waals surface area contributed by atoms with Crippen LogP contribution in [0.2, 0.25) is 0 Å². The van der Waals surface area contributed by atoms with E-state index < -0.39 is 23.8 Å². The van der Waals surface area contributed by atoms with Gasteiger partial charge in [-0.3, -0.25) is 6.79 Å². The molecule has 0 bridgehead atoms. The maximum absolute atomic E-state index is 7.75. The first-order chi connectivity index (χ1) is 30.8. The predicted octanol–water partition coefficient (Wildman–Crippen LogP) is 11.4. The first-order valence-electron chi connectivity index (χ1n) is 19.7. The second-order valence-electron chi connectivity index (χ2n) is 13.1. The summed E-state index contributed by atoms with van der Waals surface area (Å²) >= 11 is -0.346. The zero-order chi connectivity index (χ0) is 43.5. The molecule has 0 heterocycles. The molecule has 9 rings (SSSR count). The van der Waals surface area contributed by atoms with Crippen molar-refractivity contribution in [1.29, 1.82) is 0 Å². The number of hydrogen-bond acceptors (Lipinski definition) is 1. The van der Waals surface area contributed by atoms with Crippen molar-refractivity contribution < 1.29 is 19.9 Å². The minimum absolute atomic E-state index is 0.346. The van der Waals surface area contributed by atoms with Gasteiger partial charge in [-0.15, -0.1) is 0 Å². The largest absolute Gasteiger partial charge is 0.0622 e. The normalized spacial score (nSPS) is 10.1. The van der Waals surface area contributed by atoms with Crippen LogP contribution in [0.4, 0.5) is 0 Å². The summed E-state index contributed by atoms with van der Waals surface area (Å²) in [4.78, 5) is 7.75. The molecule has 9 aromatic rings. The van der Waals surface area contributed by atoms with Crippen LogP contribution in [-0.2, 0) is 19.9 Å². The molecule has 0 aliphatic rings. The van der Waals surface area contributed by atoms with E-state index in [1.54, 1.807) is 0 Å². The zero-order valence-electron chi connectivity index (χ0n) is 33.9. The minimum atomic E-state index is -0.446. The molecule has 0 spiro atoms. The Balaban J connectivity index is 0.000000167. The van der Waals surface area contributed by atoms with Crippen LogP contribution in [0.15, 0.2) is 273 Å². The fourth-order valence-electron chi connectivity index (χ4n) is 6.54. The van der Waals surface area contributed by atoms with Crippen LogP contribution in [0.25, 0.3) is 0 Å². The molecule has 310 valence electrons.